The van der Waals surface area contributed by atoms with Crippen LogP contribution in [-0.4, -0.2) is 35.8 Å². The third-order valence-electron chi connectivity index (χ3n) is 3.31. The van der Waals surface area contributed by atoms with E-state index in [1.165, 1.54) is 4.68 Å². The van der Waals surface area contributed by atoms with Gasteiger partial charge in [-0.05, 0) is 19.1 Å². The maximum atomic E-state index is 12.2. The fraction of sp³-hybridized carbons (Fsp3) is 0.333. The highest BCUT2D eigenvalue weighted by Gasteiger charge is 2.18. The number of para-hydroxylation sites is 1. The van der Waals surface area contributed by atoms with Gasteiger partial charge in [0.25, 0.3) is 5.91 Å². The number of anilines is 1. The van der Waals surface area contributed by atoms with Crippen molar-refractivity contribution in [3.05, 3.63) is 46.7 Å². The van der Waals surface area contributed by atoms with Crippen LogP contribution >= 0.6 is 11.6 Å². The Morgan fingerprint density at radius 3 is 2.62 bits per heavy atom. The quantitative estimate of drug-likeness (QED) is 0.922. The maximum absolute atomic E-state index is 12.2. The number of aryl methyl sites for hydroxylation is 2. The lowest BCUT2D eigenvalue weighted by atomic mass is 10.2. The van der Waals surface area contributed by atoms with Gasteiger partial charge in [0.05, 0.1) is 11.3 Å². The molecule has 0 atom stereocenters. The molecule has 0 aliphatic heterocycles. The first-order valence-electron chi connectivity index (χ1n) is 6.74. The summed E-state index contributed by atoms with van der Waals surface area (Å²) in [4.78, 5) is 14.2. The van der Waals surface area contributed by atoms with Crippen molar-refractivity contribution < 1.29 is 4.79 Å². The molecule has 1 aromatic carbocycles. The van der Waals surface area contributed by atoms with Gasteiger partial charge in [0.2, 0.25) is 0 Å². The van der Waals surface area contributed by atoms with Crippen LogP contribution in [0.1, 0.15) is 16.1 Å². The summed E-state index contributed by atoms with van der Waals surface area (Å²) in [5.41, 5.74) is 2.19. The number of carbonyl (C=O) groups is 1. The topological polar surface area (TPSA) is 50.2 Å². The Morgan fingerprint density at radius 1 is 1.38 bits per heavy atom. The molecule has 1 heterocycles. The van der Waals surface area contributed by atoms with Gasteiger partial charge in [-0.15, -0.1) is 0 Å². The molecule has 0 radical (unpaired) electrons. The molecule has 21 heavy (non-hydrogen) atoms. The summed E-state index contributed by atoms with van der Waals surface area (Å²) in [6, 6.07) is 10.0. The van der Waals surface area contributed by atoms with Gasteiger partial charge in [0.1, 0.15) is 5.15 Å². The normalized spacial score (nSPS) is 10.5. The van der Waals surface area contributed by atoms with Crippen LogP contribution in [0.3, 0.4) is 0 Å². The van der Waals surface area contributed by atoms with Crippen LogP contribution in [0, 0.1) is 6.92 Å². The Morgan fingerprint density at radius 2 is 2.05 bits per heavy atom. The van der Waals surface area contributed by atoms with Gasteiger partial charge < -0.3 is 10.2 Å². The molecular formula is C15H19ClN4O. The van der Waals surface area contributed by atoms with Crippen LogP contribution in [0.2, 0.25) is 5.15 Å². The van der Waals surface area contributed by atoms with E-state index in [0.29, 0.717) is 29.5 Å². The van der Waals surface area contributed by atoms with Crippen molar-refractivity contribution in [2.24, 2.45) is 7.05 Å². The number of nitrogens with one attached hydrogen (secondary N) is 1. The Hall–Kier alpha value is -2.01. The number of hydrogen-bond acceptors (Lipinski definition) is 3. The molecule has 112 valence electrons. The molecule has 0 aliphatic carbocycles. The lowest BCUT2D eigenvalue weighted by molar-refractivity contribution is 0.0954. The van der Waals surface area contributed by atoms with Crippen molar-refractivity contribution in [2.45, 2.75) is 6.92 Å². The molecule has 0 aliphatic rings. The minimum Gasteiger partial charge on any atom is -0.373 e. The molecule has 0 unspecified atom stereocenters. The van der Waals surface area contributed by atoms with Gasteiger partial charge in [-0.3, -0.25) is 9.48 Å². The van der Waals surface area contributed by atoms with E-state index in [9.17, 15) is 4.79 Å². The molecule has 1 amide bonds. The minimum absolute atomic E-state index is 0.188. The largest absolute Gasteiger partial charge is 0.373 e. The van der Waals surface area contributed by atoms with E-state index in [-0.39, 0.29) is 5.91 Å². The molecule has 0 bridgehead atoms. The average molecular weight is 307 g/mol. The van der Waals surface area contributed by atoms with Gasteiger partial charge in [0, 0.05) is 32.9 Å². The number of rotatable bonds is 5. The molecule has 0 saturated carbocycles. The standard InChI is InChI=1S/C15H19ClN4O/c1-11-13(14(16)20(3)18-11)15(21)17-9-10-19(2)12-7-5-4-6-8-12/h4-8H,9-10H2,1-3H3,(H,17,21). The maximum Gasteiger partial charge on any atom is 0.256 e. The highest BCUT2D eigenvalue weighted by Crippen LogP contribution is 2.18. The van der Waals surface area contributed by atoms with Crippen LogP contribution in [0.4, 0.5) is 5.69 Å². The lowest BCUT2D eigenvalue weighted by Gasteiger charge is -2.19. The van der Waals surface area contributed by atoms with Crippen molar-refractivity contribution in [3.63, 3.8) is 0 Å². The molecule has 5 nitrogen and oxygen atoms in total. The number of likely N-dealkylation sites (N-methyl/N-ethyl adjacent to an activating group) is 1. The van der Waals surface area contributed by atoms with Crippen LogP contribution in [-0.2, 0) is 7.05 Å². The second-order valence-corrected chi connectivity index (χ2v) is 5.25. The monoisotopic (exact) mass is 306 g/mol. The van der Waals surface area contributed by atoms with E-state index in [1.54, 1.807) is 14.0 Å². The first kappa shape index (κ1) is 15.4. The summed E-state index contributed by atoms with van der Waals surface area (Å²) in [7, 11) is 3.71. The Balaban J connectivity index is 1.90. The van der Waals surface area contributed by atoms with Gasteiger partial charge in [-0.1, -0.05) is 29.8 Å². The number of hydrogen-bond donors (Lipinski definition) is 1. The van der Waals surface area contributed by atoms with Crippen LogP contribution in [0.15, 0.2) is 30.3 Å². The molecule has 6 heteroatoms. The number of nitrogens with zero attached hydrogens (tertiary/aromatic N) is 3. The summed E-state index contributed by atoms with van der Waals surface area (Å²) in [5, 5.41) is 7.37. The van der Waals surface area contributed by atoms with Crippen molar-refractivity contribution in [1.29, 1.82) is 0 Å². The molecular weight excluding hydrogens is 288 g/mol. The number of halogens is 1. The highest BCUT2D eigenvalue weighted by molar-refractivity contribution is 6.33. The zero-order chi connectivity index (χ0) is 15.4. The zero-order valence-electron chi connectivity index (χ0n) is 12.4. The van der Waals surface area contributed by atoms with Gasteiger partial charge in [0.15, 0.2) is 0 Å². The minimum atomic E-state index is -0.188. The Bertz CT molecular complexity index is 624. The van der Waals surface area contributed by atoms with E-state index in [0.717, 1.165) is 5.69 Å². The molecule has 0 spiro atoms. The fourth-order valence-electron chi connectivity index (χ4n) is 2.13. The average Bonchev–Trinajstić information content (AvgIpc) is 2.73. The van der Waals surface area contributed by atoms with Crippen molar-refractivity contribution in [1.82, 2.24) is 15.1 Å². The molecule has 2 aromatic rings. The van der Waals surface area contributed by atoms with Gasteiger partial charge in [-0.2, -0.15) is 5.10 Å². The second kappa shape index (κ2) is 6.63. The molecule has 0 fully saturated rings. The first-order valence-corrected chi connectivity index (χ1v) is 7.12. The van der Waals surface area contributed by atoms with Crippen molar-refractivity contribution in [3.8, 4) is 0 Å². The van der Waals surface area contributed by atoms with Crippen molar-refractivity contribution >= 4 is 23.2 Å². The summed E-state index contributed by atoms with van der Waals surface area (Å²) in [6.45, 7) is 3.03. The lowest BCUT2D eigenvalue weighted by Crippen LogP contribution is -2.33. The first-order chi connectivity index (χ1) is 10.0. The Labute approximate surface area is 129 Å². The van der Waals surface area contributed by atoms with Gasteiger partial charge >= 0.3 is 0 Å². The van der Waals surface area contributed by atoms with E-state index < -0.39 is 0 Å². The van der Waals surface area contributed by atoms with Crippen molar-refractivity contribution in [2.75, 3.05) is 25.0 Å². The number of amides is 1. The molecule has 2 rings (SSSR count). The predicted molar refractivity (Wildman–Crippen MR) is 85.0 cm³/mol. The predicted octanol–water partition coefficient (Wildman–Crippen LogP) is 2.25. The Kier molecular flexibility index (Phi) is 4.85. The van der Waals surface area contributed by atoms with Crippen LogP contribution in [0.25, 0.3) is 0 Å². The fourth-order valence-corrected chi connectivity index (χ4v) is 2.39. The summed E-state index contributed by atoms with van der Waals surface area (Å²) < 4.78 is 1.50. The smallest absolute Gasteiger partial charge is 0.256 e. The van der Waals surface area contributed by atoms with E-state index in [2.05, 4.69) is 15.3 Å². The van der Waals surface area contributed by atoms with Crippen LogP contribution in [0.5, 0.6) is 0 Å². The zero-order valence-corrected chi connectivity index (χ0v) is 13.2. The van der Waals surface area contributed by atoms with E-state index >= 15 is 0 Å². The van der Waals surface area contributed by atoms with E-state index in [4.69, 9.17) is 11.6 Å². The summed E-state index contributed by atoms with van der Waals surface area (Å²) >= 11 is 6.08. The highest BCUT2D eigenvalue weighted by atomic mass is 35.5. The van der Waals surface area contributed by atoms with Crippen LogP contribution < -0.4 is 10.2 Å². The third kappa shape index (κ3) is 3.55. The second-order valence-electron chi connectivity index (χ2n) is 4.89. The summed E-state index contributed by atoms with van der Waals surface area (Å²) in [5.74, 6) is -0.188. The summed E-state index contributed by atoms with van der Waals surface area (Å²) in [6.07, 6.45) is 0. The molecule has 1 aromatic heterocycles. The van der Waals surface area contributed by atoms with E-state index in [1.807, 2.05) is 37.4 Å². The SMILES string of the molecule is Cc1nn(C)c(Cl)c1C(=O)NCCN(C)c1ccccc1. The number of carbonyl (C=O) groups excluding carboxylic acids is 1. The third-order valence-corrected chi connectivity index (χ3v) is 3.74. The van der Waals surface area contributed by atoms with Gasteiger partial charge in [-0.25, -0.2) is 0 Å². The molecule has 1 N–H and O–H groups in total. The number of aromatic nitrogens is 2. The molecule has 0 saturated heterocycles. The number of benzene rings is 1.